The first-order valence-corrected chi connectivity index (χ1v) is 14.8. The molecular weight excluding hydrogens is 462 g/mol. The first-order chi connectivity index (χ1) is 18.4. The molecule has 0 aliphatic carbocycles. The standard InChI is InChI=1S/C35H23NSi/c1-4-16-32-27(12-1)28-13-2-5-17-33(28)37(32)34-18-6-3-14-29(34)30-20-19-25(23-35(30)37)24-10-9-11-26(22-24)31-15-7-8-21-36-31/h1-23H. The molecule has 2 aliphatic rings. The van der Waals surface area contributed by atoms with E-state index >= 15 is 0 Å². The van der Waals surface area contributed by atoms with Crippen LogP contribution >= 0.6 is 0 Å². The molecule has 3 heterocycles. The predicted molar refractivity (Wildman–Crippen MR) is 157 cm³/mol. The molecule has 0 unspecified atom stereocenters. The molecule has 6 aromatic rings. The zero-order chi connectivity index (χ0) is 24.4. The lowest BCUT2D eigenvalue weighted by molar-refractivity contribution is 1.33. The van der Waals surface area contributed by atoms with E-state index in [1.54, 1.807) is 0 Å². The molecule has 0 radical (unpaired) electrons. The summed E-state index contributed by atoms with van der Waals surface area (Å²) in [7, 11) is -2.41. The largest absolute Gasteiger partial charge is 0.256 e. The molecule has 172 valence electrons. The molecule has 0 amide bonds. The van der Waals surface area contributed by atoms with Crippen molar-refractivity contribution in [2.45, 2.75) is 0 Å². The lowest BCUT2D eigenvalue weighted by atomic mass is 9.98. The maximum absolute atomic E-state index is 4.58. The van der Waals surface area contributed by atoms with Gasteiger partial charge in [0, 0.05) is 11.8 Å². The van der Waals surface area contributed by atoms with Crippen LogP contribution in [-0.4, -0.2) is 13.1 Å². The molecule has 2 heteroatoms. The van der Waals surface area contributed by atoms with Crippen molar-refractivity contribution < 1.29 is 0 Å². The number of aromatic nitrogens is 1. The second-order valence-corrected chi connectivity index (χ2v) is 13.6. The van der Waals surface area contributed by atoms with Gasteiger partial charge in [-0.25, -0.2) is 0 Å². The third kappa shape index (κ3) is 2.76. The smallest absolute Gasteiger partial charge is 0.182 e. The van der Waals surface area contributed by atoms with Gasteiger partial charge in [-0.15, -0.1) is 0 Å². The van der Waals surface area contributed by atoms with E-state index in [4.69, 9.17) is 0 Å². The van der Waals surface area contributed by atoms with Crippen molar-refractivity contribution in [1.29, 1.82) is 0 Å². The van der Waals surface area contributed by atoms with Gasteiger partial charge in [-0.3, -0.25) is 4.98 Å². The van der Waals surface area contributed by atoms with Gasteiger partial charge in [-0.2, -0.15) is 0 Å². The summed E-state index contributed by atoms with van der Waals surface area (Å²) in [5.74, 6) is 0. The monoisotopic (exact) mass is 485 g/mol. The fourth-order valence-corrected chi connectivity index (χ4v) is 12.3. The fraction of sp³-hybridized carbons (Fsp3) is 0. The van der Waals surface area contributed by atoms with Crippen molar-refractivity contribution in [2.24, 2.45) is 0 Å². The van der Waals surface area contributed by atoms with Gasteiger partial charge in [0.15, 0.2) is 8.07 Å². The number of nitrogens with zero attached hydrogens (tertiary/aromatic N) is 1. The van der Waals surface area contributed by atoms with Crippen LogP contribution < -0.4 is 20.7 Å². The van der Waals surface area contributed by atoms with E-state index in [9.17, 15) is 0 Å². The molecule has 2 aliphatic heterocycles. The average molecular weight is 486 g/mol. The molecule has 1 aromatic heterocycles. The predicted octanol–water partition coefficient (Wildman–Crippen LogP) is 5.75. The van der Waals surface area contributed by atoms with Crippen molar-refractivity contribution in [1.82, 2.24) is 4.98 Å². The van der Waals surface area contributed by atoms with E-state index in [0.29, 0.717) is 0 Å². The van der Waals surface area contributed by atoms with Gasteiger partial charge < -0.3 is 0 Å². The highest BCUT2D eigenvalue weighted by molar-refractivity contribution is 7.24. The average Bonchev–Trinajstić information content (AvgIpc) is 3.45. The minimum absolute atomic E-state index is 1.00. The number of hydrogen-bond donors (Lipinski definition) is 0. The third-order valence-electron chi connectivity index (χ3n) is 8.15. The van der Waals surface area contributed by atoms with Crippen molar-refractivity contribution in [3.63, 3.8) is 0 Å². The van der Waals surface area contributed by atoms with Crippen LogP contribution in [-0.2, 0) is 0 Å². The highest BCUT2D eigenvalue weighted by atomic mass is 28.3. The number of rotatable bonds is 2. The van der Waals surface area contributed by atoms with Gasteiger partial charge >= 0.3 is 0 Å². The first-order valence-electron chi connectivity index (χ1n) is 12.8. The summed E-state index contributed by atoms with van der Waals surface area (Å²) >= 11 is 0. The SMILES string of the molecule is c1ccc(-c2cccc(-c3ccc4c(c3)[Si]3(c5ccccc5-c5ccccc53)c3ccccc3-4)c2)nc1. The second kappa shape index (κ2) is 7.73. The van der Waals surface area contributed by atoms with E-state index in [1.807, 2.05) is 18.3 Å². The topological polar surface area (TPSA) is 12.9 Å². The lowest BCUT2D eigenvalue weighted by Gasteiger charge is -2.28. The summed E-state index contributed by atoms with van der Waals surface area (Å²) in [4.78, 5) is 4.58. The minimum atomic E-state index is -2.41. The van der Waals surface area contributed by atoms with Gasteiger partial charge in [0.25, 0.3) is 0 Å². The maximum Gasteiger partial charge on any atom is 0.182 e. The molecule has 0 N–H and O–H groups in total. The Kier molecular flexibility index (Phi) is 4.31. The van der Waals surface area contributed by atoms with E-state index in [-0.39, 0.29) is 0 Å². The summed E-state index contributed by atoms with van der Waals surface area (Å²) in [5, 5.41) is 6.05. The molecule has 0 saturated carbocycles. The van der Waals surface area contributed by atoms with E-state index in [2.05, 4.69) is 126 Å². The fourth-order valence-electron chi connectivity index (χ4n) is 6.67. The number of fused-ring (bicyclic) bond motifs is 10. The maximum atomic E-state index is 4.58. The summed E-state index contributed by atoms with van der Waals surface area (Å²) in [6.07, 6.45) is 1.86. The van der Waals surface area contributed by atoms with Crippen LogP contribution in [0.5, 0.6) is 0 Å². The van der Waals surface area contributed by atoms with Crippen LogP contribution in [0.4, 0.5) is 0 Å². The molecule has 8 rings (SSSR count). The van der Waals surface area contributed by atoms with E-state index in [0.717, 1.165) is 11.3 Å². The Balaban J connectivity index is 1.41. The molecule has 0 fully saturated rings. The van der Waals surface area contributed by atoms with Gasteiger partial charge in [-0.05, 0) is 72.3 Å². The molecule has 5 aromatic carbocycles. The zero-order valence-electron chi connectivity index (χ0n) is 20.2. The van der Waals surface area contributed by atoms with Gasteiger partial charge in [0.2, 0.25) is 0 Å². The van der Waals surface area contributed by atoms with E-state index in [1.165, 1.54) is 54.1 Å². The summed E-state index contributed by atoms with van der Waals surface area (Å²) in [5.41, 5.74) is 10.2. The lowest BCUT2D eigenvalue weighted by Crippen LogP contribution is -2.70. The molecular formula is C35H23NSi. The zero-order valence-corrected chi connectivity index (χ0v) is 21.2. The quantitative estimate of drug-likeness (QED) is 0.284. The molecule has 1 spiro atoms. The third-order valence-corrected chi connectivity index (χ3v) is 13.1. The second-order valence-electron chi connectivity index (χ2n) is 9.94. The highest BCUT2D eigenvalue weighted by Crippen LogP contribution is 2.37. The van der Waals surface area contributed by atoms with Crippen molar-refractivity contribution in [2.75, 3.05) is 0 Å². The van der Waals surface area contributed by atoms with Crippen LogP contribution in [0.1, 0.15) is 0 Å². The molecule has 0 saturated heterocycles. The van der Waals surface area contributed by atoms with E-state index < -0.39 is 8.07 Å². The summed E-state index contributed by atoms with van der Waals surface area (Å²) in [6, 6.07) is 49.4. The Morgan fingerprint density at radius 2 is 0.919 bits per heavy atom. The molecule has 37 heavy (non-hydrogen) atoms. The van der Waals surface area contributed by atoms with Crippen molar-refractivity contribution in [3.8, 4) is 44.6 Å². The summed E-state index contributed by atoms with van der Waals surface area (Å²) in [6.45, 7) is 0. The van der Waals surface area contributed by atoms with Gasteiger partial charge in [-0.1, -0.05) is 115 Å². The van der Waals surface area contributed by atoms with Crippen molar-refractivity contribution in [3.05, 3.63) is 140 Å². The van der Waals surface area contributed by atoms with Crippen molar-refractivity contribution >= 4 is 28.8 Å². The van der Waals surface area contributed by atoms with Gasteiger partial charge in [0.05, 0.1) is 5.69 Å². The number of hydrogen-bond acceptors (Lipinski definition) is 1. The Labute approximate surface area is 217 Å². The number of benzene rings is 5. The Morgan fingerprint density at radius 3 is 1.54 bits per heavy atom. The Morgan fingerprint density at radius 1 is 0.378 bits per heavy atom. The van der Waals surface area contributed by atoms with Crippen LogP contribution in [0.3, 0.4) is 0 Å². The Bertz CT molecular complexity index is 1770. The summed E-state index contributed by atoms with van der Waals surface area (Å²) < 4.78 is 0. The van der Waals surface area contributed by atoms with Gasteiger partial charge in [0.1, 0.15) is 0 Å². The van der Waals surface area contributed by atoms with Crippen LogP contribution in [0.25, 0.3) is 44.6 Å². The normalized spacial score (nSPS) is 13.6. The van der Waals surface area contributed by atoms with Crippen LogP contribution in [0.15, 0.2) is 140 Å². The number of pyridine rings is 1. The van der Waals surface area contributed by atoms with Crippen LogP contribution in [0.2, 0.25) is 0 Å². The van der Waals surface area contributed by atoms with Crippen LogP contribution in [0, 0.1) is 0 Å². The first kappa shape index (κ1) is 20.6. The highest BCUT2D eigenvalue weighted by Gasteiger charge is 2.53. The molecule has 0 atom stereocenters. The minimum Gasteiger partial charge on any atom is -0.256 e. The molecule has 1 nitrogen and oxygen atoms in total. The molecule has 0 bridgehead atoms. The Hall–Kier alpha value is -4.53.